The van der Waals surface area contributed by atoms with Crippen molar-refractivity contribution in [2.75, 3.05) is 16.8 Å². The Morgan fingerprint density at radius 2 is 1.89 bits per heavy atom. The van der Waals surface area contributed by atoms with E-state index >= 15 is 0 Å². The van der Waals surface area contributed by atoms with Crippen molar-refractivity contribution in [2.45, 2.75) is 19.4 Å². The first kappa shape index (κ1) is 20.0. The number of halogens is 2. The summed E-state index contributed by atoms with van der Waals surface area (Å²) in [6.07, 6.45) is 0. The van der Waals surface area contributed by atoms with Crippen LogP contribution in [0, 0.1) is 0 Å². The molecule has 1 heterocycles. The lowest BCUT2D eigenvalue weighted by Crippen LogP contribution is -2.54. The molecular formula is C19H16Cl2N2O5. The van der Waals surface area contributed by atoms with E-state index in [-0.39, 0.29) is 17.9 Å². The standard InChI is InChI=1S/C19H16Cl2N2O5/c1-19(2)18(27)23(14-6-3-10(17(25)26)7-15(14)28-19)9-16(24)22-13-8-11(20)4-5-12(13)21/h3-8H,9H2,1-2H3,(H,22,24)(H,25,26). The summed E-state index contributed by atoms with van der Waals surface area (Å²) in [4.78, 5) is 37.8. The Kier molecular flexibility index (Phi) is 5.23. The number of benzene rings is 2. The van der Waals surface area contributed by atoms with E-state index in [1.807, 2.05) is 0 Å². The minimum Gasteiger partial charge on any atom is -0.478 e. The molecule has 0 fully saturated rings. The summed E-state index contributed by atoms with van der Waals surface area (Å²) < 4.78 is 5.66. The highest BCUT2D eigenvalue weighted by Crippen LogP contribution is 2.38. The van der Waals surface area contributed by atoms with E-state index in [2.05, 4.69) is 5.32 Å². The largest absolute Gasteiger partial charge is 0.478 e. The van der Waals surface area contributed by atoms with Crippen molar-refractivity contribution in [3.63, 3.8) is 0 Å². The van der Waals surface area contributed by atoms with Gasteiger partial charge in [-0.3, -0.25) is 14.5 Å². The fourth-order valence-corrected chi connectivity index (χ4v) is 3.13. The van der Waals surface area contributed by atoms with E-state index in [9.17, 15) is 14.4 Å². The van der Waals surface area contributed by atoms with Crippen LogP contribution in [0.15, 0.2) is 36.4 Å². The number of hydrogen-bond donors (Lipinski definition) is 2. The van der Waals surface area contributed by atoms with Crippen LogP contribution in [-0.4, -0.2) is 35.0 Å². The first-order valence-corrected chi connectivity index (χ1v) is 8.97. The predicted octanol–water partition coefficient (Wildman–Crippen LogP) is 3.83. The minimum absolute atomic E-state index is 0.0130. The van der Waals surface area contributed by atoms with Crippen LogP contribution in [0.3, 0.4) is 0 Å². The molecule has 0 unspecified atom stereocenters. The fourth-order valence-electron chi connectivity index (χ4n) is 2.79. The van der Waals surface area contributed by atoms with E-state index in [0.29, 0.717) is 21.4 Å². The SMILES string of the molecule is CC1(C)Oc2cc(C(=O)O)ccc2N(CC(=O)Nc2cc(Cl)ccc2Cl)C1=O. The maximum atomic E-state index is 12.8. The van der Waals surface area contributed by atoms with Gasteiger partial charge in [0.25, 0.3) is 5.91 Å². The van der Waals surface area contributed by atoms with Crippen LogP contribution in [0.4, 0.5) is 11.4 Å². The van der Waals surface area contributed by atoms with Gasteiger partial charge in [-0.15, -0.1) is 0 Å². The molecule has 0 aromatic heterocycles. The van der Waals surface area contributed by atoms with E-state index in [4.69, 9.17) is 33.0 Å². The summed E-state index contributed by atoms with van der Waals surface area (Å²) in [5.41, 5.74) is -0.626. The van der Waals surface area contributed by atoms with Gasteiger partial charge in [0.2, 0.25) is 5.91 Å². The summed E-state index contributed by atoms with van der Waals surface area (Å²) in [5.74, 6) is -1.85. The van der Waals surface area contributed by atoms with Gasteiger partial charge < -0.3 is 15.2 Å². The quantitative estimate of drug-likeness (QED) is 0.779. The molecule has 28 heavy (non-hydrogen) atoms. The van der Waals surface area contributed by atoms with Gasteiger partial charge in [-0.05, 0) is 50.2 Å². The number of rotatable bonds is 4. The molecule has 2 amide bonds. The number of ether oxygens (including phenoxy) is 1. The molecule has 2 aromatic rings. The third kappa shape index (κ3) is 3.90. The number of hydrogen-bond acceptors (Lipinski definition) is 4. The zero-order valence-electron chi connectivity index (χ0n) is 15.0. The smallest absolute Gasteiger partial charge is 0.335 e. The van der Waals surface area contributed by atoms with Gasteiger partial charge in [0, 0.05) is 5.02 Å². The number of aromatic carboxylic acids is 1. The van der Waals surface area contributed by atoms with Crippen LogP contribution in [-0.2, 0) is 9.59 Å². The zero-order chi connectivity index (χ0) is 20.6. The molecule has 2 N–H and O–H groups in total. The van der Waals surface area contributed by atoms with Gasteiger partial charge in [-0.25, -0.2) is 4.79 Å². The molecule has 0 aliphatic carbocycles. The molecule has 0 saturated carbocycles. The lowest BCUT2D eigenvalue weighted by molar-refractivity contribution is -0.133. The summed E-state index contributed by atoms with van der Waals surface area (Å²) in [5, 5.41) is 12.5. The molecular weight excluding hydrogens is 407 g/mol. The first-order valence-electron chi connectivity index (χ1n) is 8.22. The summed E-state index contributed by atoms with van der Waals surface area (Å²) in [6.45, 7) is 2.78. The number of amides is 2. The fraction of sp³-hybridized carbons (Fsp3) is 0.211. The molecule has 0 radical (unpaired) electrons. The molecule has 1 aliphatic rings. The van der Waals surface area contributed by atoms with Crippen LogP contribution in [0.1, 0.15) is 24.2 Å². The predicted molar refractivity (Wildman–Crippen MR) is 106 cm³/mol. The minimum atomic E-state index is -1.27. The molecule has 9 heteroatoms. The van der Waals surface area contributed by atoms with Crippen molar-refractivity contribution in [3.8, 4) is 5.75 Å². The Bertz CT molecular complexity index is 990. The Balaban J connectivity index is 1.90. The third-order valence-electron chi connectivity index (χ3n) is 4.13. The Hall–Kier alpha value is -2.77. The number of nitrogens with one attached hydrogen (secondary N) is 1. The Labute approximate surface area is 170 Å². The number of anilines is 2. The Morgan fingerprint density at radius 3 is 2.57 bits per heavy atom. The molecule has 0 spiro atoms. The van der Waals surface area contributed by atoms with E-state index in [0.717, 1.165) is 0 Å². The number of nitrogens with zero attached hydrogens (tertiary/aromatic N) is 1. The number of carboxylic acids is 1. The van der Waals surface area contributed by atoms with Crippen molar-refractivity contribution in [1.82, 2.24) is 0 Å². The topological polar surface area (TPSA) is 95.9 Å². The molecule has 2 aromatic carbocycles. The Morgan fingerprint density at radius 1 is 1.18 bits per heavy atom. The van der Waals surface area contributed by atoms with Gasteiger partial charge in [-0.1, -0.05) is 23.2 Å². The van der Waals surface area contributed by atoms with Crippen LogP contribution in [0.2, 0.25) is 10.0 Å². The van der Waals surface area contributed by atoms with Gasteiger partial charge >= 0.3 is 5.97 Å². The lowest BCUT2D eigenvalue weighted by atomic mass is 10.0. The highest BCUT2D eigenvalue weighted by Gasteiger charge is 2.41. The zero-order valence-corrected chi connectivity index (χ0v) is 16.5. The normalized spacial score (nSPS) is 14.9. The van der Waals surface area contributed by atoms with Crippen LogP contribution in [0.5, 0.6) is 5.75 Å². The third-order valence-corrected chi connectivity index (χ3v) is 4.69. The summed E-state index contributed by atoms with van der Waals surface area (Å²) >= 11 is 12.0. The van der Waals surface area contributed by atoms with Gasteiger partial charge in [0.05, 0.1) is 22.0 Å². The number of carbonyl (C=O) groups excluding carboxylic acids is 2. The second kappa shape index (κ2) is 7.33. The molecule has 1 aliphatic heterocycles. The van der Waals surface area contributed by atoms with Crippen molar-refractivity contribution < 1.29 is 24.2 Å². The van der Waals surface area contributed by atoms with Gasteiger partial charge in [0.15, 0.2) is 5.60 Å². The molecule has 0 saturated heterocycles. The lowest BCUT2D eigenvalue weighted by Gasteiger charge is -2.38. The molecule has 146 valence electrons. The van der Waals surface area contributed by atoms with Crippen molar-refractivity contribution in [3.05, 3.63) is 52.0 Å². The van der Waals surface area contributed by atoms with Gasteiger partial charge in [-0.2, -0.15) is 0 Å². The highest BCUT2D eigenvalue weighted by molar-refractivity contribution is 6.35. The van der Waals surface area contributed by atoms with Crippen molar-refractivity contribution in [1.29, 1.82) is 0 Å². The second-order valence-corrected chi connectivity index (χ2v) is 7.51. The first-order chi connectivity index (χ1) is 13.1. The highest BCUT2D eigenvalue weighted by atomic mass is 35.5. The van der Waals surface area contributed by atoms with Gasteiger partial charge in [0.1, 0.15) is 12.3 Å². The molecule has 0 bridgehead atoms. The maximum absolute atomic E-state index is 12.8. The second-order valence-electron chi connectivity index (χ2n) is 6.66. The van der Waals surface area contributed by atoms with Crippen LogP contribution < -0.4 is 15.0 Å². The van der Waals surface area contributed by atoms with E-state index in [1.54, 1.807) is 26.0 Å². The molecule has 7 nitrogen and oxygen atoms in total. The monoisotopic (exact) mass is 422 g/mol. The molecule has 3 rings (SSSR count). The average Bonchev–Trinajstić information content (AvgIpc) is 2.61. The van der Waals surface area contributed by atoms with Crippen LogP contribution >= 0.6 is 23.2 Å². The maximum Gasteiger partial charge on any atom is 0.335 e. The van der Waals surface area contributed by atoms with Crippen molar-refractivity contribution >= 4 is 52.4 Å². The van der Waals surface area contributed by atoms with E-state index in [1.165, 1.54) is 29.2 Å². The van der Waals surface area contributed by atoms with Crippen molar-refractivity contribution in [2.24, 2.45) is 0 Å². The summed E-state index contributed by atoms with van der Waals surface area (Å²) in [7, 11) is 0. The summed E-state index contributed by atoms with van der Waals surface area (Å²) in [6, 6.07) is 8.74. The van der Waals surface area contributed by atoms with E-state index < -0.39 is 23.4 Å². The van der Waals surface area contributed by atoms with Crippen LogP contribution in [0.25, 0.3) is 0 Å². The number of fused-ring (bicyclic) bond motifs is 1. The number of carbonyl (C=O) groups is 3. The number of carboxylic acid groups (broad SMARTS) is 1. The molecule has 0 atom stereocenters. The average molecular weight is 423 g/mol.